The SMILES string of the molecule is C=C(C[C@H](C[C@@H]1C[C@@H](O[Si](c2ccccc2)(c2ccccc2)C(C)(C)C)C[C@H]([C@@H]2COC(C)(C)O2)O1)OC(=O)[C@](OC)(c1ccccc1)C(F)(F)F)C[C@H](CCOCc1ccc(OC)cc1)O[Si](CC)(CC)CC. The Morgan fingerprint density at radius 3 is 1.85 bits per heavy atom. The number of carbonyl (C=O) groups is 1. The molecule has 10 nitrogen and oxygen atoms in total. The number of rotatable bonds is 26. The maximum atomic E-state index is 15.5. The van der Waals surface area contributed by atoms with E-state index in [-0.39, 0.29) is 30.6 Å². The Morgan fingerprint density at radius 1 is 0.784 bits per heavy atom. The third-order valence-corrected chi connectivity index (χ3v) is 24.8. The predicted molar refractivity (Wildman–Crippen MR) is 289 cm³/mol. The van der Waals surface area contributed by atoms with E-state index in [9.17, 15) is 4.79 Å². The number of carbonyl (C=O) groups excluding carboxylic acids is 1. The van der Waals surface area contributed by atoms with E-state index in [1.54, 1.807) is 13.2 Å². The summed E-state index contributed by atoms with van der Waals surface area (Å²) in [7, 11) is -2.80. The summed E-state index contributed by atoms with van der Waals surface area (Å²) in [4.78, 5) is 14.6. The van der Waals surface area contributed by atoms with Crippen LogP contribution in [0, 0.1) is 0 Å². The Bertz CT molecular complexity index is 2300. The van der Waals surface area contributed by atoms with Gasteiger partial charge in [-0.15, -0.1) is 0 Å². The van der Waals surface area contributed by atoms with Gasteiger partial charge < -0.3 is 42.0 Å². The van der Waals surface area contributed by atoms with Crippen LogP contribution in [0.5, 0.6) is 5.75 Å². The summed E-state index contributed by atoms with van der Waals surface area (Å²) in [5, 5.41) is 1.86. The molecule has 0 N–H and O–H groups in total. The smallest absolute Gasteiger partial charge is 0.432 e. The summed E-state index contributed by atoms with van der Waals surface area (Å²) in [5.41, 5.74) is -2.15. The molecule has 15 heteroatoms. The van der Waals surface area contributed by atoms with Gasteiger partial charge in [-0.3, -0.25) is 0 Å². The van der Waals surface area contributed by atoms with Crippen molar-refractivity contribution in [1.82, 2.24) is 0 Å². The maximum Gasteiger partial charge on any atom is 0.432 e. The van der Waals surface area contributed by atoms with E-state index < -0.39 is 76.3 Å². The fourth-order valence-electron chi connectivity index (χ4n) is 10.8. The van der Waals surface area contributed by atoms with Gasteiger partial charge >= 0.3 is 12.1 Å². The molecule has 2 heterocycles. The monoisotopic (exact) mass is 1060 g/mol. The van der Waals surface area contributed by atoms with Crippen LogP contribution in [0.15, 0.2) is 127 Å². The van der Waals surface area contributed by atoms with E-state index >= 15 is 13.2 Å². The maximum absolute atomic E-state index is 15.5. The van der Waals surface area contributed by atoms with Crippen LogP contribution in [-0.4, -0.2) is 98.6 Å². The van der Waals surface area contributed by atoms with Crippen LogP contribution < -0.4 is 15.1 Å². The second-order valence-electron chi connectivity index (χ2n) is 21.4. The molecule has 2 aliphatic rings. The summed E-state index contributed by atoms with van der Waals surface area (Å²) >= 11 is 0. The summed E-state index contributed by atoms with van der Waals surface area (Å²) in [6.45, 7) is 22.5. The minimum atomic E-state index is -5.19. The van der Waals surface area contributed by atoms with Crippen molar-refractivity contribution in [3.63, 3.8) is 0 Å². The van der Waals surface area contributed by atoms with E-state index in [0.717, 1.165) is 46.9 Å². The molecular weight excluding hydrogens is 982 g/mol. The molecule has 6 rings (SSSR count). The highest BCUT2D eigenvalue weighted by molar-refractivity contribution is 6.99. The molecule has 4 aromatic carbocycles. The second-order valence-corrected chi connectivity index (χ2v) is 30.4. The lowest BCUT2D eigenvalue weighted by Gasteiger charge is -2.48. The van der Waals surface area contributed by atoms with Crippen LogP contribution in [-0.2, 0) is 54.3 Å². The molecule has 0 amide bonds. The summed E-state index contributed by atoms with van der Waals surface area (Å²) in [5.74, 6) is -1.68. The number of esters is 1. The molecule has 0 aromatic heterocycles. The first-order valence-corrected chi connectivity index (χ1v) is 30.8. The largest absolute Gasteiger partial charge is 0.497 e. The van der Waals surface area contributed by atoms with Crippen LogP contribution in [0.25, 0.3) is 0 Å². The first kappa shape index (κ1) is 59.1. The molecule has 0 bridgehead atoms. The van der Waals surface area contributed by atoms with Gasteiger partial charge in [-0.05, 0) is 84.4 Å². The van der Waals surface area contributed by atoms with Gasteiger partial charge in [0.1, 0.15) is 18.0 Å². The minimum absolute atomic E-state index is 0.0271. The summed E-state index contributed by atoms with van der Waals surface area (Å²) in [6.07, 6.45) is -6.87. The highest BCUT2D eigenvalue weighted by Gasteiger charge is 2.64. The predicted octanol–water partition coefficient (Wildman–Crippen LogP) is 12.4. The molecule has 2 saturated heterocycles. The number of halogens is 3. The number of methoxy groups -OCH3 is 2. The van der Waals surface area contributed by atoms with Gasteiger partial charge in [0, 0.05) is 38.5 Å². The van der Waals surface area contributed by atoms with Crippen molar-refractivity contribution in [3.8, 4) is 5.75 Å². The highest BCUT2D eigenvalue weighted by Crippen LogP contribution is 2.45. The third kappa shape index (κ3) is 14.2. The van der Waals surface area contributed by atoms with Crippen molar-refractivity contribution in [3.05, 3.63) is 139 Å². The van der Waals surface area contributed by atoms with E-state index in [0.29, 0.717) is 44.5 Å². The van der Waals surface area contributed by atoms with Gasteiger partial charge in [-0.25, -0.2) is 4.79 Å². The number of hydrogen-bond donors (Lipinski definition) is 0. The average molecular weight is 1060 g/mol. The Labute approximate surface area is 440 Å². The summed E-state index contributed by atoms with van der Waals surface area (Å²) < 4.78 is 104. The van der Waals surface area contributed by atoms with Crippen molar-refractivity contribution in [1.29, 1.82) is 0 Å². The number of benzene rings is 4. The molecule has 2 aliphatic heterocycles. The third-order valence-electron chi connectivity index (χ3n) is 15.0. The van der Waals surface area contributed by atoms with Crippen molar-refractivity contribution in [2.75, 3.05) is 27.4 Å². The zero-order chi connectivity index (χ0) is 53.8. The van der Waals surface area contributed by atoms with E-state index in [4.69, 9.17) is 42.0 Å². The topological polar surface area (TPSA) is 100 Å². The van der Waals surface area contributed by atoms with Crippen molar-refractivity contribution in [2.45, 2.75) is 178 Å². The lowest BCUT2D eigenvalue weighted by Crippen LogP contribution is -2.68. The number of alkyl halides is 3. The van der Waals surface area contributed by atoms with E-state index in [1.165, 1.54) is 24.3 Å². The standard InChI is InChI=1S/C59H81F3O10Si2/c1-12-73(13-2,14-3)71-47(34-35-66-41-44-30-32-46(64-10)33-31-44)36-43(4)37-48(69-55(63)58(65-11,59(60,61)62)45-24-18-15-19-25-45)38-49-39-50(40-53(68-49)54-42-67-57(8,9)70-54)72-74(56(5,6)7,51-26-20-16-21-27-51)52-28-22-17-23-29-52/h15-33,47-50,53-54H,4,12-14,34-42H2,1-3,5-11H3/t47-,48+,49+,50+,53+,54-,58+/m0/s1. The lowest BCUT2D eigenvalue weighted by atomic mass is 9.91. The molecule has 4 aromatic rings. The Kier molecular flexibility index (Phi) is 20.6. The first-order chi connectivity index (χ1) is 35.2. The molecule has 0 unspecified atom stereocenters. The van der Waals surface area contributed by atoms with Gasteiger partial charge in [-0.1, -0.05) is 157 Å². The van der Waals surface area contributed by atoms with Gasteiger partial charge in [0.15, 0.2) is 14.1 Å². The summed E-state index contributed by atoms with van der Waals surface area (Å²) in [6, 6.07) is 38.1. The zero-order valence-electron chi connectivity index (χ0n) is 45.3. The van der Waals surface area contributed by atoms with Crippen LogP contribution in [0.3, 0.4) is 0 Å². The molecule has 2 fully saturated rings. The van der Waals surface area contributed by atoms with Gasteiger partial charge in [0.25, 0.3) is 13.9 Å². The minimum Gasteiger partial charge on any atom is -0.497 e. The normalized spacial score (nSPS) is 21.1. The van der Waals surface area contributed by atoms with Crippen molar-refractivity contribution >= 4 is 33.0 Å². The van der Waals surface area contributed by atoms with Crippen LogP contribution >= 0.6 is 0 Å². The van der Waals surface area contributed by atoms with E-state index in [2.05, 4.69) is 72.4 Å². The molecule has 7 atom stereocenters. The van der Waals surface area contributed by atoms with Gasteiger partial charge in [0.05, 0.1) is 44.7 Å². The quantitative estimate of drug-likeness (QED) is 0.0262. The lowest BCUT2D eigenvalue weighted by molar-refractivity contribution is -0.278. The van der Waals surface area contributed by atoms with Crippen molar-refractivity contribution < 1.29 is 60.0 Å². The Balaban J connectivity index is 1.35. The average Bonchev–Trinajstić information content (AvgIpc) is 3.75. The fraction of sp³-hybridized carbons (Fsp3) is 0.542. The molecule has 74 heavy (non-hydrogen) atoms. The highest BCUT2D eigenvalue weighted by atomic mass is 28.4. The number of ether oxygens (including phenoxy) is 7. The van der Waals surface area contributed by atoms with E-state index in [1.807, 2.05) is 74.5 Å². The van der Waals surface area contributed by atoms with Crippen molar-refractivity contribution in [2.24, 2.45) is 0 Å². The molecule has 0 saturated carbocycles. The Morgan fingerprint density at radius 2 is 1.35 bits per heavy atom. The second kappa shape index (κ2) is 25.8. The van der Waals surface area contributed by atoms with Crippen LogP contribution in [0.2, 0.25) is 23.2 Å². The van der Waals surface area contributed by atoms with Gasteiger partial charge in [-0.2, -0.15) is 13.2 Å². The first-order valence-electron chi connectivity index (χ1n) is 26.4. The van der Waals surface area contributed by atoms with Gasteiger partial charge in [0.2, 0.25) is 0 Å². The molecular formula is C59H81F3O10Si2. The molecule has 0 radical (unpaired) electrons. The molecule has 406 valence electrons. The van der Waals surface area contributed by atoms with Crippen LogP contribution in [0.4, 0.5) is 13.2 Å². The number of hydrogen-bond acceptors (Lipinski definition) is 10. The zero-order valence-corrected chi connectivity index (χ0v) is 47.3. The Hall–Kier alpha value is -4.17. The molecule has 0 spiro atoms. The van der Waals surface area contributed by atoms with Crippen LogP contribution in [0.1, 0.15) is 105 Å². The fourth-order valence-corrected chi connectivity index (χ4v) is 18.4. The molecule has 0 aliphatic carbocycles.